The molecule has 0 radical (unpaired) electrons. The second kappa shape index (κ2) is 5.15. The second-order valence-corrected chi connectivity index (χ2v) is 4.79. The summed E-state index contributed by atoms with van der Waals surface area (Å²) in [5, 5.41) is 6.88. The van der Waals surface area contributed by atoms with Crippen molar-refractivity contribution < 1.29 is 18.0 Å². The SMILES string of the molecule is CC(Cn1ncc2cc(F)ccc21)NC(=O)C(C)(F)F. The highest BCUT2D eigenvalue weighted by Crippen LogP contribution is 2.16. The van der Waals surface area contributed by atoms with Gasteiger partial charge in [-0.05, 0) is 25.1 Å². The minimum absolute atomic E-state index is 0.219. The Morgan fingerprint density at radius 2 is 2.20 bits per heavy atom. The summed E-state index contributed by atoms with van der Waals surface area (Å²) in [5.41, 5.74) is 0.677. The number of fused-ring (bicyclic) bond motifs is 1. The third kappa shape index (κ3) is 3.09. The van der Waals surface area contributed by atoms with Gasteiger partial charge in [-0.3, -0.25) is 9.48 Å². The van der Waals surface area contributed by atoms with E-state index >= 15 is 0 Å². The maximum atomic E-state index is 13.0. The Hall–Kier alpha value is -2.05. The van der Waals surface area contributed by atoms with Gasteiger partial charge in [-0.15, -0.1) is 0 Å². The molecule has 7 heteroatoms. The topological polar surface area (TPSA) is 46.9 Å². The van der Waals surface area contributed by atoms with Gasteiger partial charge in [-0.2, -0.15) is 13.9 Å². The van der Waals surface area contributed by atoms with E-state index in [0.29, 0.717) is 17.8 Å². The molecule has 108 valence electrons. The largest absolute Gasteiger partial charge is 0.347 e. The molecule has 1 aromatic heterocycles. The van der Waals surface area contributed by atoms with Crippen LogP contribution >= 0.6 is 0 Å². The molecule has 0 saturated heterocycles. The van der Waals surface area contributed by atoms with E-state index in [4.69, 9.17) is 0 Å². The monoisotopic (exact) mass is 285 g/mol. The van der Waals surface area contributed by atoms with E-state index in [0.717, 1.165) is 0 Å². The van der Waals surface area contributed by atoms with Crippen LogP contribution in [-0.2, 0) is 11.3 Å². The Morgan fingerprint density at radius 3 is 2.85 bits per heavy atom. The molecule has 2 rings (SSSR count). The van der Waals surface area contributed by atoms with E-state index < -0.39 is 17.9 Å². The Labute approximate surface area is 113 Å². The molecule has 1 N–H and O–H groups in total. The first kappa shape index (κ1) is 14.4. The van der Waals surface area contributed by atoms with Crippen LogP contribution in [0, 0.1) is 5.82 Å². The van der Waals surface area contributed by atoms with Crippen molar-refractivity contribution in [3.63, 3.8) is 0 Å². The van der Waals surface area contributed by atoms with Gasteiger partial charge < -0.3 is 5.32 Å². The zero-order chi connectivity index (χ0) is 14.9. The standard InChI is InChI=1S/C13H14F3N3O/c1-8(18-12(20)13(2,15)16)7-19-11-4-3-10(14)5-9(11)6-17-19/h3-6,8H,7H2,1-2H3,(H,18,20). The maximum absolute atomic E-state index is 13.0. The number of nitrogens with one attached hydrogen (secondary N) is 1. The number of hydrogen-bond donors (Lipinski definition) is 1. The number of amides is 1. The van der Waals surface area contributed by atoms with Gasteiger partial charge in [0, 0.05) is 18.4 Å². The van der Waals surface area contributed by atoms with Crippen molar-refractivity contribution in [3.8, 4) is 0 Å². The molecule has 2 aromatic rings. The molecular weight excluding hydrogens is 271 g/mol. The molecule has 1 aromatic carbocycles. The third-order valence-electron chi connectivity index (χ3n) is 2.83. The molecule has 0 aliphatic carbocycles. The van der Waals surface area contributed by atoms with Gasteiger partial charge in [0.1, 0.15) is 5.82 Å². The Balaban J connectivity index is 2.10. The molecule has 1 unspecified atom stereocenters. The zero-order valence-electron chi connectivity index (χ0n) is 11.0. The molecule has 20 heavy (non-hydrogen) atoms. The van der Waals surface area contributed by atoms with Crippen LogP contribution < -0.4 is 5.32 Å². The van der Waals surface area contributed by atoms with Crippen molar-refractivity contribution in [1.82, 2.24) is 15.1 Å². The maximum Gasteiger partial charge on any atom is 0.321 e. The van der Waals surface area contributed by atoms with Gasteiger partial charge in [-0.25, -0.2) is 4.39 Å². The van der Waals surface area contributed by atoms with Crippen LogP contribution in [0.4, 0.5) is 13.2 Å². The lowest BCUT2D eigenvalue weighted by atomic mass is 10.2. The summed E-state index contributed by atoms with van der Waals surface area (Å²) in [6, 6.07) is 3.66. The molecular formula is C13H14F3N3O. The van der Waals surface area contributed by atoms with E-state index in [-0.39, 0.29) is 12.4 Å². The van der Waals surface area contributed by atoms with Crippen molar-refractivity contribution in [1.29, 1.82) is 0 Å². The number of rotatable bonds is 4. The molecule has 4 nitrogen and oxygen atoms in total. The van der Waals surface area contributed by atoms with Crippen LogP contribution in [0.2, 0.25) is 0 Å². The minimum atomic E-state index is -3.41. The van der Waals surface area contributed by atoms with Gasteiger partial charge >= 0.3 is 5.92 Å². The number of halogens is 3. The number of nitrogens with zero attached hydrogens (tertiary/aromatic N) is 2. The van der Waals surface area contributed by atoms with Crippen LogP contribution in [-0.4, -0.2) is 27.7 Å². The van der Waals surface area contributed by atoms with Gasteiger partial charge in [0.05, 0.1) is 18.3 Å². The summed E-state index contributed by atoms with van der Waals surface area (Å²) in [6.45, 7) is 2.36. The average Bonchev–Trinajstić information content (AvgIpc) is 2.70. The first-order valence-corrected chi connectivity index (χ1v) is 6.07. The zero-order valence-corrected chi connectivity index (χ0v) is 11.0. The predicted octanol–water partition coefficient (Wildman–Crippen LogP) is 2.34. The number of carbonyl (C=O) groups is 1. The van der Waals surface area contributed by atoms with E-state index in [1.807, 2.05) is 0 Å². The number of alkyl halides is 2. The van der Waals surface area contributed by atoms with Gasteiger partial charge in [0.25, 0.3) is 5.91 Å². The number of benzene rings is 1. The van der Waals surface area contributed by atoms with Gasteiger partial charge in [-0.1, -0.05) is 0 Å². The molecule has 0 spiro atoms. The highest BCUT2D eigenvalue weighted by Gasteiger charge is 2.32. The molecule has 1 amide bonds. The van der Waals surface area contributed by atoms with E-state index in [1.165, 1.54) is 23.0 Å². The number of aromatic nitrogens is 2. The van der Waals surface area contributed by atoms with Crippen molar-refractivity contribution in [2.24, 2.45) is 0 Å². The second-order valence-electron chi connectivity index (χ2n) is 4.79. The molecule has 0 aliphatic heterocycles. The van der Waals surface area contributed by atoms with Crippen molar-refractivity contribution in [2.45, 2.75) is 32.4 Å². The number of carbonyl (C=O) groups excluding carboxylic acids is 1. The fourth-order valence-corrected chi connectivity index (χ4v) is 1.86. The van der Waals surface area contributed by atoms with Crippen molar-refractivity contribution in [2.75, 3.05) is 0 Å². The quantitative estimate of drug-likeness (QED) is 0.937. The summed E-state index contributed by atoms with van der Waals surface area (Å²) < 4.78 is 40.1. The minimum Gasteiger partial charge on any atom is -0.347 e. The van der Waals surface area contributed by atoms with E-state index in [9.17, 15) is 18.0 Å². The number of hydrogen-bond acceptors (Lipinski definition) is 2. The first-order valence-electron chi connectivity index (χ1n) is 6.07. The van der Waals surface area contributed by atoms with E-state index in [2.05, 4.69) is 10.4 Å². The lowest BCUT2D eigenvalue weighted by Gasteiger charge is -2.17. The van der Waals surface area contributed by atoms with Crippen LogP contribution in [0.3, 0.4) is 0 Å². The normalized spacial score (nSPS) is 13.4. The summed E-state index contributed by atoms with van der Waals surface area (Å²) >= 11 is 0. The predicted molar refractivity (Wildman–Crippen MR) is 67.9 cm³/mol. The summed E-state index contributed by atoms with van der Waals surface area (Å²) in [7, 11) is 0. The lowest BCUT2D eigenvalue weighted by molar-refractivity contribution is -0.143. The summed E-state index contributed by atoms with van der Waals surface area (Å²) in [6.07, 6.45) is 1.49. The van der Waals surface area contributed by atoms with Crippen LogP contribution in [0.25, 0.3) is 10.9 Å². The summed E-state index contributed by atoms with van der Waals surface area (Å²) in [4.78, 5) is 11.2. The molecule has 0 fully saturated rings. The molecule has 0 bridgehead atoms. The van der Waals surface area contributed by atoms with Crippen LogP contribution in [0.1, 0.15) is 13.8 Å². The Morgan fingerprint density at radius 1 is 1.50 bits per heavy atom. The van der Waals surface area contributed by atoms with Crippen LogP contribution in [0.5, 0.6) is 0 Å². The summed E-state index contributed by atoms with van der Waals surface area (Å²) in [5.74, 6) is -5.11. The van der Waals surface area contributed by atoms with Gasteiger partial charge in [0.15, 0.2) is 0 Å². The highest BCUT2D eigenvalue weighted by molar-refractivity contribution is 5.83. The Kier molecular flexibility index (Phi) is 3.69. The third-order valence-corrected chi connectivity index (χ3v) is 2.83. The molecule has 0 aliphatic rings. The smallest absolute Gasteiger partial charge is 0.321 e. The molecule has 0 saturated carbocycles. The first-order chi connectivity index (χ1) is 9.27. The fourth-order valence-electron chi connectivity index (χ4n) is 1.86. The highest BCUT2D eigenvalue weighted by atomic mass is 19.3. The van der Waals surface area contributed by atoms with Crippen molar-refractivity contribution >= 4 is 16.8 Å². The van der Waals surface area contributed by atoms with Gasteiger partial charge in [0.2, 0.25) is 0 Å². The molecule has 1 atom stereocenters. The average molecular weight is 285 g/mol. The fraction of sp³-hybridized carbons (Fsp3) is 0.385. The lowest BCUT2D eigenvalue weighted by Crippen LogP contribution is -2.44. The Bertz CT molecular complexity index is 633. The van der Waals surface area contributed by atoms with Crippen molar-refractivity contribution in [3.05, 3.63) is 30.2 Å². The van der Waals surface area contributed by atoms with E-state index in [1.54, 1.807) is 13.0 Å². The van der Waals surface area contributed by atoms with Crippen LogP contribution in [0.15, 0.2) is 24.4 Å². The molecule has 1 heterocycles.